The molecule has 24 heavy (non-hydrogen) atoms. The summed E-state index contributed by atoms with van der Waals surface area (Å²) in [6.45, 7) is 4.00. The Morgan fingerprint density at radius 3 is 2.38 bits per heavy atom. The fraction of sp³-hybridized carbons (Fsp3) is 0.278. The van der Waals surface area contributed by atoms with Gasteiger partial charge in [0.2, 0.25) is 5.91 Å². The highest BCUT2D eigenvalue weighted by Crippen LogP contribution is 2.22. The molecule has 0 aliphatic carbocycles. The standard InChI is InChI=1S/C18H19ClF2N2O/c1-11(2)18(12-3-6-14(20)7-4-12)22-10-17(24)23-16-8-5-13(19)9-15(16)21/h3-9,11,18,22H,10H2,1-2H3,(H,23,24)/t18-/m1/s1. The van der Waals surface area contributed by atoms with E-state index >= 15 is 0 Å². The minimum absolute atomic E-state index is 0.00227. The van der Waals surface area contributed by atoms with E-state index in [-0.39, 0.29) is 40.9 Å². The van der Waals surface area contributed by atoms with Crippen LogP contribution in [-0.4, -0.2) is 12.5 Å². The molecule has 0 radical (unpaired) electrons. The van der Waals surface area contributed by atoms with Crippen molar-refractivity contribution in [3.63, 3.8) is 0 Å². The summed E-state index contributed by atoms with van der Waals surface area (Å²) in [5.74, 6) is -1.08. The largest absolute Gasteiger partial charge is 0.322 e. The van der Waals surface area contributed by atoms with E-state index in [1.54, 1.807) is 12.1 Å². The summed E-state index contributed by atoms with van der Waals surface area (Å²) in [7, 11) is 0. The van der Waals surface area contributed by atoms with Gasteiger partial charge in [0.15, 0.2) is 0 Å². The van der Waals surface area contributed by atoms with E-state index in [9.17, 15) is 13.6 Å². The number of amides is 1. The van der Waals surface area contributed by atoms with Gasteiger partial charge < -0.3 is 10.6 Å². The number of hydrogen-bond donors (Lipinski definition) is 2. The van der Waals surface area contributed by atoms with Crippen molar-refractivity contribution in [2.75, 3.05) is 11.9 Å². The minimum Gasteiger partial charge on any atom is -0.322 e. The second-order valence-corrected chi connectivity index (χ2v) is 6.26. The van der Waals surface area contributed by atoms with Crippen LogP contribution in [0.3, 0.4) is 0 Å². The molecule has 0 spiro atoms. The predicted molar refractivity (Wildman–Crippen MR) is 92.0 cm³/mol. The molecule has 0 aromatic heterocycles. The summed E-state index contributed by atoms with van der Waals surface area (Å²) in [4.78, 5) is 12.0. The zero-order valence-corrected chi connectivity index (χ0v) is 14.2. The van der Waals surface area contributed by atoms with Crippen molar-refractivity contribution in [1.29, 1.82) is 0 Å². The van der Waals surface area contributed by atoms with Gasteiger partial charge in [0.1, 0.15) is 11.6 Å². The van der Waals surface area contributed by atoms with Gasteiger partial charge in [-0.1, -0.05) is 37.6 Å². The number of rotatable bonds is 6. The molecule has 2 aromatic rings. The zero-order valence-electron chi connectivity index (χ0n) is 13.4. The first-order chi connectivity index (χ1) is 11.4. The summed E-state index contributed by atoms with van der Waals surface area (Å²) in [5, 5.41) is 5.88. The summed E-state index contributed by atoms with van der Waals surface area (Å²) >= 11 is 5.68. The van der Waals surface area contributed by atoms with Crippen LogP contribution in [0, 0.1) is 17.6 Å². The van der Waals surface area contributed by atoms with Crippen LogP contribution in [0.15, 0.2) is 42.5 Å². The van der Waals surface area contributed by atoms with Gasteiger partial charge in [-0.3, -0.25) is 4.79 Å². The van der Waals surface area contributed by atoms with E-state index in [4.69, 9.17) is 11.6 Å². The molecular formula is C18H19ClF2N2O. The lowest BCUT2D eigenvalue weighted by Gasteiger charge is -2.23. The van der Waals surface area contributed by atoms with Crippen LogP contribution in [0.4, 0.5) is 14.5 Å². The maximum absolute atomic E-state index is 13.7. The Labute approximate surface area is 145 Å². The van der Waals surface area contributed by atoms with Crippen LogP contribution in [0.2, 0.25) is 5.02 Å². The van der Waals surface area contributed by atoms with Gasteiger partial charge in [0, 0.05) is 11.1 Å². The van der Waals surface area contributed by atoms with Gasteiger partial charge in [0.25, 0.3) is 0 Å². The maximum atomic E-state index is 13.7. The molecule has 0 aliphatic heterocycles. The molecule has 0 heterocycles. The molecule has 128 valence electrons. The predicted octanol–water partition coefficient (Wildman–Crippen LogP) is 4.54. The molecule has 2 rings (SSSR count). The summed E-state index contributed by atoms with van der Waals surface area (Å²) < 4.78 is 26.7. The van der Waals surface area contributed by atoms with E-state index < -0.39 is 5.82 Å². The normalized spacial score (nSPS) is 12.2. The number of halogens is 3. The molecule has 2 N–H and O–H groups in total. The van der Waals surface area contributed by atoms with E-state index in [1.165, 1.54) is 24.3 Å². The van der Waals surface area contributed by atoms with Crippen molar-refractivity contribution in [1.82, 2.24) is 5.32 Å². The summed E-state index contributed by atoms with van der Waals surface area (Å²) in [6.07, 6.45) is 0. The number of carbonyl (C=O) groups is 1. The molecule has 1 amide bonds. The molecule has 0 fully saturated rings. The minimum atomic E-state index is -0.588. The molecule has 6 heteroatoms. The zero-order chi connectivity index (χ0) is 17.7. The second-order valence-electron chi connectivity index (χ2n) is 5.83. The Bertz CT molecular complexity index is 705. The average Bonchev–Trinajstić information content (AvgIpc) is 2.52. The molecule has 0 aliphatic rings. The molecule has 2 aromatic carbocycles. The lowest BCUT2D eigenvalue weighted by atomic mass is 9.96. The van der Waals surface area contributed by atoms with Crippen LogP contribution < -0.4 is 10.6 Å². The van der Waals surface area contributed by atoms with Gasteiger partial charge in [-0.05, 0) is 41.8 Å². The number of carbonyl (C=O) groups excluding carboxylic acids is 1. The topological polar surface area (TPSA) is 41.1 Å². The Morgan fingerprint density at radius 1 is 1.12 bits per heavy atom. The van der Waals surface area contributed by atoms with Crippen LogP contribution in [-0.2, 0) is 4.79 Å². The monoisotopic (exact) mass is 352 g/mol. The van der Waals surface area contributed by atoms with Crippen molar-refractivity contribution in [2.45, 2.75) is 19.9 Å². The molecule has 1 atom stereocenters. The summed E-state index contributed by atoms with van der Waals surface area (Å²) in [5.41, 5.74) is 0.964. The third-order valence-electron chi connectivity index (χ3n) is 3.58. The fourth-order valence-corrected chi connectivity index (χ4v) is 2.56. The molecule has 0 bridgehead atoms. The first kappa shape index (κ1) is 18.4. The first-order valence-corrected chi connectivity index (χ1v) is 7.98. The number of benzene rings is 2. The third-order valence-corrected chi connectivity index (χ3v) is 3.82. The van der Waals surface area contributed by atoms with E-state index in [0.29, 0.717) is 0 Å². The van der Waals surface area contributed by atoms with E-state index in [2.05, 4.69) is 10.6 Å². The smallest absolute Gasteiger partial charge is 0.238 e. The lowest BCUT2D eigenvalue weighted by Crippen LogP contribution is -2.33. The Balaban J connectivity index is 1.98. The van der Waals surface area contributed by atoms with Crippen LogP contribution in [0.25, 0.3) is 0 Å². The van der Waals surface area contributed by atoms with Gasteiger partial charge >= 0.3 is 0 Å². The Morgan fingerprint density at radius 2 is 1.79 bits per heavy atom. The quantitative estimate of drug-likeness (QED) is 0.801. The van der Waals surface area contributed by atoms with Crippen LogP contribution in [0.5, 0.6) is 0 Å². The van der Waals surface area contributed by atoms with Crippen molar-refractivity contribution in [3.05, 3.63) is 64.7 Å². The summed E-state index contributed by atoms with van der Waals surface area (Å²) in [6, 6.07) is 10.1. The highest BCUT2D eigenvalue weighted by Gasteiger charge is 2.17. The Kier molecular flexibility index (Phi) is 6.29. The number of hydrogen-bond acceptors (Lipinski definition) is 2. The van der Waals surface area contributed by atoms with Crippen molar-refractivity contribution >= 4 is 23.2 Å². The number of nitrogens with one attached hydrogen (secondary N) is 2. The van der Waals surface area contributed by atoms with Crippen LogP contribution in [0.1, 0.15) is 25.5 Å². The molecule has 0 saturated heterocycles. The van der Waals surface area contributed by atoms with Gasteiger partial charge in [0.05, 0.1) is 12.2 Å². The molecule has 3 nitrogen and oxygen atoms in total. The highest BCUT2D eigenvalue weighted by atomic mass is 35.5. The Hall–Kier alpha value is -1.98. The molecular weight excluding hydrogens is 334 g/mol. The molecule has 0 saturated carbocycles. The highest BCUT2D eigenvalue weighted by molar-refractivity contribution is 6.30. The average molecular weight is 353 g/mol. The number of anilines is 1. The third kappa shape index (κ3) is 5.01. The van der Waals surface area contributed by atoms with Crippen molar-refractivity contribution in [2.24, 2.45) is 5.92 Å². The second kappa shape index (κ2) is 8.22. The van der Waals surface area contributed by atoms with Crippen LogP contribution >= 0.6 is 11.6 Å². The van der Waals surface area contributed by atoms with Gasteiger partial charge in [-0.15, -0.1) is 0 Å². The fourth-order valence-electron chi connectivity index (χ4n) is 2.40. The van der Waals surface area contributed by atoms with Crippen molar-refractivity contribution in [3.8, 4) is 0 Å². The van der Waals surface area contributed by atoms with Crippen molar-refractivity contribution < 1.29 is 13.6 Å². The van der Waals surface area contributed by atoms with Gasteiger partial charge in [-0.25, -0.2) is 8.78 Å². The lowest BCUT2D eigenvalue weighted by molar-refractivity contribution is -0.115. The van der Waals surface area contributed by atoms with E-state index in [0.717, 1.165) is 11.6 Å². The van der Waals surface area contributed by atoms with E-state index in [1.807, 2.05) is 13.8 Å². The SMILES string of the molecule is CC(C)[C@@H](NCC(=O)Nc1ccc(Cl)cc1F)c1ccc(F)cc1. The molecule has 0 unspecified atom stereocenters. The first-order valence-electron chi connectivity index (χ1n) is 7.60. The van der Waals surface area contributed by atoms with Gasteiger partial charge in [-0.2, -0.15) is 0 Å². The maximum Gasteiger partial charge on any atom is 0.238 e.